The Kier molecular flexibility index (Phi) is 7.25. The summed E-state index contributed by atoms with van der Waals surface area (Å²) in [6.45, 7) is 5.45. The van der Waals surface area contributed by atoms with Crippen molar-refractivity contribution in [1.82, 2.24) is 10.2 Å². The topological polar surface area (TPSA) is 134 Å². The van der Waals surface area contributed by atoms with E-state index in [9.17, 15) is 14.4 Å². The van der Waals surface area contributed by atoms with E-state index in [0.29, 0.717) is 19.3 Å². The van der Waals surface area contributed by atoms with Crippen LogP contribution in [0.5, 0.6) is 0 Å². The van der Waals surface area contributed by atoms with Gasteiger partial charge in [-0.3, -0.25) is 4.79 Å². The maximum Gasteiger partial charge on any atom is 0.408 e. The molecule has 0 spiro atoms. The number of hydrogen-bond donors (Lipinski definition) is 1. The number of ether oxygens (including phenoxy) is 2. The van der Waals surface area contributed by atoms with Crippen LogP contribution in [-0.2, 0) is 25.7 Å². The van der Waals surface area contributed by atoms with Crippen molar-refractivity contribution in [3.05, 3.63) is 46.3 Å². The highest BCUT2D eigenvalue weighted by atomic mass is 16.6. The Morgan fingerprint density at radius 1 is 1.25 bits per heavy atom. The second kappa shape index (κ2) is 9.91. The van der Waals surface area contributed by atoms with Crippen LogP contribution < -0.4 is 5.32 Å². The lowest BCUT2D eigenvalue weighted by molar-refractivity contribution is -0.166. The fraction of sp³-hybridized carbons (Fsp3) is 0.591. The first kappa shape index (κ1) is 23.4. The van der Waals surface area contributed by atoms with E-state index < -0.39 is 29.7 Å². The largest absolute Gasteiger partial charge is 0.458 e. The third-order valence-electron chi connectivity index (χ3n) is 5.61. The van der Waals surface area contributed by atoms with Crippen LogP contribution in [-0.4, -0.2) is 53.1 Å². The van der Waals surface area contributed by atoms with E-state index in [4.69, 9.17) is 15.0 Å². The highest BCUT2D eigenvalue weighted by Gasteiger charge is 2.50. The Morgan fingerprint density at radius 3 is 2.62 bits per heavy atom. The first-order valence-corrected chi connectivity index (χ1v) is 10.7. The summed E-state index contributed by atoms with van der Waals surface area (Å²) in [5, 5.41) is 6.25. The van der Waals surface area contributed by atoms with Gasteiger partial charge >= 0.3 is 12.1 Å². The minimum Gasteiger partial charge on any atom is -0.458 e. The molecule has 0 unspecified atom stereocenters. The monoisotopic (exact) mass is 443 g/mol. The summed E-state index contributed by atoms with van der Waals surface area (Å²) in [6.07, 6.45) is 0.899. The fourth-order valence-corrected chi connectivity index (χ4v) is 4.29. The molecule has 2 aliphatic heterocycles. The van der Waals surface area contributed by atoms with Crippen molar-refractivity contribution in [3.63, 3.8) is 0 Å². The molecule has 2 heterocycles. The van der Waals surface area contributed by atoms with Gasteiger partial charge in [0.25, 0.3) is 0 Å². The number of hydrogen-bond acceptors (Lipinski definition) is 6. The molecule has 0 saturated carbocycles. The van der Waals surface area contributed by atoms with Crippen LogP contribution in [0.15, 0.2) is 35.4 Å². The zero-order valence-corrected chi connectivity index (χ0v) is 18.6. The predicted molar refractivity (Wildman–Crippen MR) is 115 cm³/mol. The lowest BCUT2D eigenvalue weighted by Crippen LogP contribution is -2.62. The number of rotatable bonds is 6. The van der Waals surface area contributed by atoms with Gasteiger partial charge in [-0.25, -0.2) is 9.59 Å². The number of amides is 2. The summed E-state index contributed by atoms with van der Waals surface area (Å²) < 4.78 is 10.8. The van der Waals surface area contributed by atoms with E-state index in [1.807, 2.05) is 30.3 Å². The molecule has 0 radical (unpaired) electrons. The molecular formula is C22H29N5O5. The molecule has 0 bridgehead atoms. The number of carbonyl (C=O) groups excluding carboxylic acids is 3. The van der Waals surface area contributed by atoms with Gasteiger partial charge < -0.3 is 19.7 Å². The summed E-state index contributed by atoms with van der Waals surface area (Å²) in [7, 11) is 0. The van der Waals surface area contributed by atoms with Crippen LogP contribution in [0.25, 0.3) is 10.4 Å². The van der Waals surface area contributed by atoms with Crippen LogP contribution in [0.3, 0.4) is 0 Å². The molecule has 0 aliphatic carbocycles. The van der Waals surface area contributed by atoms with Crippen molar-refractivity contribution in [2.45, 2.75) is 70.4 Å². The SMILES string of the molecule is CC(C)(C)OC(=O)[C@@H]1CC[C@@H]2C[C@H](CN=[N+]=[N-])[C@H](NC(=O)OCc3ccccc3)C(=O)N21. The van der Waals surface area contributed by atoms with Crippen LogP contribution in [0, 0.1) is 5.92 Å². The van der Waals surface area contributed by atoms with Gasteiger partial charge in [0.1, 0.15) is 24.3 Å². The number of fused-ring (bicyclic) bond motifs is 1. The molecule has 172 valence electrons. The normalized spacial score (nSPS) is 24.8. The maximum atomic E-state index is 13.4. The lowest BCUT2D eigenvalue weighted by atomic mass is 9.86. The van der Waals surface area contributed by atoms with Crippen molar-refractivity contribution in [2.75, 3.05) is 6.54 Å². The van der Waals surface area contributed by atoms with Crippen molar-refractivity contribution < 1.29 is 23.9 Å². The van der Waals surface area contributed by atoms with E-state index in [-0.39, 0.29) is 31.0 Å². The van der Waals surface area contributed by atoms with E-state index >= 15 is 0 Å². The third kappa shape index (κ3) is 5.70. The average Bonchev–Trinajstić information content (AvgIpc) is 3.17. The zero-order valence-electron chi connectivity index (χ0n) is 18.6. The Bertz CT molecular complexity index is 894. The average molecular weight is 444 g/mol. The molecule has 1 aromatic carbocycles. The predicted octanol–water partition coefficient (Wildman–Crippen LogP) is 3.31. The second-order valence-electron chi connectivity index (χ2n) is 9.12. The number of nitrogens with one attached hydrogen (secondary N) is 1. The summed E-state index contributed by atoms with van der Waals surface area (Å²) in [4.78, 5) is 42.9. The smallest absolute Gasteiger partial charge is 0.408 e. The highest BCUT2D eigenvalue weighted by molar-refractivity contribution is 5.91. The van der Waals surface area contributed by atoms with Gasteiger partial charge in [-0.05, 0) is 57.0 Å². The van der Waals surface area contributed by atoms with E-state index in [1.54, 1.807) is 20.8 Å². The van der Waals surface area contributed by atoms with Gasteiger partial charge in [0.2, 0.25) is 5.91 Å². The van der Waals surface area contributed by atoms with Gasteiger partial charge in [-0.1, -0.05) is 35.4 Å². The second-order valence-corrected chi connectivity index (χ2v) is 9.12. The maximum absolute atomic E-state index is 13.4. The molecule has 2 amide bonds. The van der Waals surface area contributed by atoms with Gasteiger partial charge in [-0.2, -0.15) is 0 Å². The van der Waals surface area contributed by atoms with Crippen LogP contribution in [0.4, 0.5) is 4.79 Å². The van der Waals surface area contributed by atoms with Crippen molar-refractivity contribution >= 4 is 18.0 Å². The van der Waals surface area contributed by atoms with Crippen LogP contribution in [0.1, 0.15) is 45.6 Å². The van der Waals surface area contributed by atoms with Crippen molar-refractivity contribution in [3.8, 4) is 0 Å². The Labute approximate surface area is 186 Å². The number of azide groups is 1. The molecule has 2 fully saturated rings. The molecule has 4 atom stereocenters. The van der Waals surface area contributed by atoms with Gasteiger partial charge in [-0.15, -0.1) is 0 Å². The summed E-state index contributed by atoms with van der Waals surface area (Å²) in [6, 6.07) is 7.35. The number of alkyl carbamates (subject to hydrolysis) is 1. The van der Waals surface area contributed by atoms with E-state index in [0.717, 1.165) is 5.56 Å². The Hall–Kier alpha value is -3.26. The highest BCUT2D eigenvalue weighted by Crippen LogP contribution is 2.36. The summed E-state index contributed by atoms with van der Waals surface area (Å²) in [5.41, 5.74) is 8.88. The number of benzene rings is 1. The summed E-state index contributed by atoms with van der Waals surface area (Å²) in [5.74, 6) is -1.22. The number of carbonyl (C=O) groups is 3. The quantitative estimate of drug-likeness (QED) is 0.312. The Balaban J connectivity index is 1.72. The molecule has 1 N–H and O–H groups in total. The number of esters is 1. The zero-order chi connectivity index (χ0) is 23.3. The van der Waals surface area contributed by atoms with E-state index in [2.05, 4.69) is 15.3 Å². The van der Waals surface area contributed by atoms with Crippen LogP contribution in [0.2, 0.25) is 0 Å². The van der Waals surface area contributed by atoms with Gasteiger partial charge in [0, 0.05) is 17.5 Å². The molecule has 3 rings (SSSR count). The first-order chi connectivity index (χ1) is 15.2. The number of nitrogens with zero attached hydrogens (tertiary/aromatic N) is 4. The van der Waals surface area contributed by atoms with Crippen molar-refractivity contribution in [2.24, 2.45) is 11.0 Å². The molecule has 10 heteroatoms. The molecule has 2 saturated heterocycles. The van der Waals surface area contributed by atoms with Crippen molar-refractivity contribution in [1.29, 1.82) is 0 Å². The number of piperidine rings is 1. The van der Waals surface area contributed by atoms with E-state index in [1.165, 1.54) is 4.90 Å². The fourth-order valence-electron chi connectivity index (χ4n) is 4.29. The molecular weight excluding hydrogens is 414 g/mol. The summed E-state index contributed by atoms with van der Waals surface area (Å²) >= 11 is 0. The molecule has 0 aromatic heterocycles. The van der Waals surface area contributed by atoms with Crippen LogP contribution >= 0.6 is 0 Å². The van der Waals surface area contributed by atoms with Gasteiger partial charge in [0.05, 0.1) is 0 Å². The lowest BCUT2D eigenvalue weighted by Gasteiger charge is -2.41. The minimum atomic E-state index is -0.955. The Morgan fingerprint density at radius 2 is 1.97 bits per heavy atom. The van der Waals surface area contributed by atoms with Gasteiger partial charge in [0.15, 0.2) is 0 Å². The molecule has 32 heavy (non-hydrogen) atoms. The minimum absolute atomic E-state index is 0.0570. The third-order valence-corrected chi connectivity index (χ3v) is 5.61. The molecule has 2 aliphatic rings. The molecule has 1 aromatic rings. The standard InChI is InChI=1S/C22H29N5O5/c1-22(2,3)32-20(29)17-10-9-16-11-15(12-24-26-23)18(19(28)27(16)17)25-21(30)31-13-14-7-5-4-6-8-14/h4-8,15-18H,9-13H2,1-3H3,(H,25,30)/t15-,16-,17+,18+/m1/s1. The first-order valence-electron chi connectivity index (χ1n) is 10.7. The molecule has 10 nitrogen and oxygen atoms in total.